The van der Waals surface area contributed by atoms with Gasteiger partial charge in [-0.15, -0.1) is 0 Å². The second-order valence-electron chi connectivity index (χ2n) is 5.26. The van der Waals surface area contributed by atoms with Crippen molar-refractivity contribution in [2.45, 2.75) is 31.8 Å². The second-order valence-corrected chi connectivity index (χ2v) is 5.26. The Kier molecular flexibility index (Phi) is 3.69. The van der Waals surface area contributed by atoms with Gasteiger partial charge in [0, 0.05) is 37.6 Å². The number of anilines is 2. The highest BCUT2D eigenvalue weighted by atomic mass is 16.5. The van der Waals surface area contributed by atoms with Crippen LogP contribution in [0, 0.1) is 0 Å². The normalized spacial score (nSPS) is 23.6. The standard InChI is InChI=1S/C15H22N2O/c1-2-9-17(8-1)14-6-3-5-13(11-14)16-12-15-7-4-10-18-15/h3,5-6,11,15-16H,1-2,4,7-10,12H2. The minimum atomic E-state index is 0.403. The van der Waals surface area contributed by atoms with E-state index < -0.39 is 0 Å². The van der Waals surface area contributed by atoms with Crippen molar-refractivity contribution in [1.82, 2.24) is 0 Å². The first kappa shape index (κ1) is 11.8. The molecule has 1 aromatic carbocycles. The molecule has 1 N–H and O–H groups in total. The van der Waals surface area contributed by atoms with Gasteiger partial charge in [0.15, 0.2) is 0 Å². The molecule has 1 atom stereocenters. The fraction of sp³-hybridized carbons (Fsp3) is 0.600. The van der Waals surface area contributed by atoms with Crippen LogP contribution in [0.25, 0.3) is 0 Å². The number of nitrogens with zero attached hydrogens (tertiary/aromatic N) is 1. The molecule has 0 radical (unpaired) electrons. The molecule has 3 heteroatoms. The molecule has 0 aromatic heterocycles. The molecule has 0 saturated carbocycles. The molecule has 2 saturated heterocycles. The van der Waals surface area contributed by atoms with Crippen molar-refractivity contribution in [2.75, 3.05) is 36.5 Å². The van der Waals surface area contributed by atoms with Crippen LogP contribution in [0.4, 0.5) is 11.4 Å². The summed E-state index contributed by atoms with van der Waals surface area (Å²) in [5, 5.41) is 3.50. The Hall–Kier alpha value is -1.22. The summed E-state index contributed by atoms with van der Waals surface area (Å²) < 4.78 is 5.63. The van der Waals surface area contributed by atoms with Gasteiger partial charge in [-0.2, -0.15) is 0 Å². The number of hydrogen-bond donors (Lipinski definition) is 1. The molecule has 2 aliphatic heterocycles. The van der Waals surface area contributed by atoms with E-state index in [1.54, 1.807) is 0 Å². The molecule has 0 bridgehead atoms. The Balaban J connectivity index is 1.59. The lowest BCUT2D eigenvalue weighted by Crippen LogP contribution is -2.19. The third-order valence-electron chi connectivity index (χ3n) is 3.88. The van der Waals surface area contributed by atoms with E-state index in [1.165, 1.54) is 50.1 Å². The van der Waals surface area contributed by atoms with Gasteiger partial charge >= 0.3 is 0 Å². The Morgan fingerprint density at radius 3 is 2.89 bits per heavy atom. The lowest BCUT2D eigenvalue weighted by molar-refractivity contribution is 0.120. The van der Waals surface area contributed by atoms with Gasteiger partial charge < -0.3 is 15.0 Å². The Morgan fingerprint density at radius 1 is 1.22 bits per heavy atom. The van der Waals surface area contributed by atoms with Crippen LogP contribution in [-0.4, -0.2) is 32.3 Å². The zero-order chi connectivity index (χ0) is 12.2. The van der Waals surface area contributed by atoms with Crippen molar-refractivity contribution < 1.29 is 4.74 Å². The van der Waals surface area contributed by atoms with Crippen molar-refractivity contribution in [3.05, 3.63) is 24.3 Å². The van der Waals surface area contributed by atoms with E-state index in [2.05, 4.69) is 34.5 Å². The molecular weight excluding hydrogens is 224 g/mol. The first-order chi connectivity index (χ1) is 8.92. The molecule has 0 spiro atoms. The first-order valence-electron chi connectivity index (χ1n) is 7.12. The number of benzene rings is 1. The highest BCUT2D eigenvalue weighted by molar-refractivity contribution is 5.58. The highest BCUT2D eigenvalue weighted by Gasteiger charge is 2.15. The van der Waals surface area contributed by atoms with Crippen LogP contribution >= 0.6 is 0 Å². The van der Waals surface area contributed by atoms with Gasteiger partial charge in [-0.3, -0.25) is 0 Å². The summed E-state index contributed by atoms with van der Waals surface area (Å²) in [4.78, 5) is 2.47. The van der Waals surface area contributed by atoms with E-state index in [0.29, 0.717) is 6.10 Å². The highest BCUT2D eigenvalue weighted by Crippen LogP contribution is 2.23. The third kappa shape index (κ3) is 2.78. The number of rotatable bonds is 4. The van der Waals surface area contributed by atoms with Crippen molar-refractivity contribution in [3.63, 3.8) is 0 Å². The van der Waals surface area contributed by atoms with E-state index in [4.69, 9.17) is 4.74 Å². The molecule has 1 aromatic rings. The van der Waals surface area contributed by atoms with E-state index in [0.717, 1.165) is 13.2 Å². The van der Waals surface area contributed by atoms with Gasteiger partial charge in [-0.05, 0) is 43.9 Å². The largest absolute Gasteiger partial charge is 0.382 e. The molecule has 3 rings (SSSR count). The molecule has 18 heavy (non-hydrogen) atoms. The summed E-state index contributed by atoms with van der Waals surface area (Å²) in [6, 6.07) is 8.77. The maximum Gasteiger partial charge on any atom is 0.0748 e. The minimum absolute atomic E-state index is 0.403. The van der Waals surface area contributed by atoms with E-state index in [9.17, 15) is 0 Å². The van der Waals surface area contributed by atoms with Crippen LogP contribution in [-0.2, 0) is 4.74 Å². The lowest BCUT2D eigenvalue weighted by atomic mass is 10.2. The van der Waals surface area contributed by atoms with Crippen molar-refractivity contribution in [3.8, 4) is 0 Å². The molecule has 1 unspecified atom stereocenters. The number of ether oxygens (including phenoxy) is 1. The smallest absolute Gasteiger partial charge is 0.0748 e. The molecule has 2 fully saturated rings. The predicted molar refractivity (Wildman–Crippen MR) is 75.4 cm³/mol. The zero-order valence-electron chi connectivity index (χ0n) is 10.9. The average Bonchev–Trinajstić information content (AvgIpc) is 3.10. The molecule has 2 heterocycles. The Bertz CT molecular complexity index is 382. The van der Waals surface area contributed by atoms with Crippen LogP contribution < -0.4 is 10.2 Å². The minimum Gasteiger partial charge on any atom is -0.382 e. The zero-order valence-corrected chi connectivity index (χ0v) is 10.9. The summed E-state index contributed by atoms with van der Waals surface area (Å²) in [6.07, 6.45) is 5.46. The molecule has 3 nitrogen and oxygen atoms in total. The topological polar surface area (TPSA) is 24.5 Å². The van der Waals surface area contributed by atoms with Crippen LogP contribution in [0.15, 0.2) is 24.3 Å². The third-order valence-corrected chi connectivity index (χ3v) is 3.88. The van der Waals surface area contributed by atoms with Crippen LogP contribution in [0.3, 0.4) is 0 Å². The summed E-state index contributed by atoms with van der Waals surface area (Å²) in [6.45, 7) is 4.27. The van der Waals surface area contributed by atoms with Gasteiger partial charge in [0.2, 0.25) is 0 Å². The van der Waals surface area contributed by atoms with Crippen LogP contribution in [0.2, 0.25) is 0 Å². The summed E-state index contributed by atoms with van der Waals surface area (Å²) in [5.74, 6) is 0. The van der Waals surface area contributed by atoms with Crippen LogP contribution in [0.5, 0.6) is 0 Å². The lowest BCUT2D eigenvalue weighted by Gasteiger charge is -2.19. The second kappa shape index (κ2) is 5.61. The SMILES string of the molecule is c1cc(NCC2CCCO2)cc(N2CCCC2)c1. The fourth-order valence-electron chi connectivity index (χ4n) is 2.82. The van der Waals surface area contributed by atoms with Crippen molar-refractivity contribution in [2.24, 2.45) is 0 Å². The molecular formula is C15H22N2O. The van der Waals surface area contributed by atoms with Gasteiger partial charge in [-0.1, -0.05) is 6.07 Å². The van der Waals surface area contributed by atoms with Gasteiger partial charge in [0.1, 0.15) is 0 Å². The Labute approximate surface area is 109 Å². The van der Waals surface area contributed by atoms with E-state index in [1.807, 2.05) is 0 Å². The maximum atomic E-state index is 5.63. The molecule has 0 amide bonds. The molecule has 98 valence electrons. The molecule has 0 aliphatic carbocycles. The quantitative estimate of drug-likeness (QED) is 0.884. The average molecular weight is 246 g/mol. The predicted octanol–water partition coefficient (Wildman–Crippen LogP) is 2.88. The van der Waals surface area contributed by atoms with E-state index in [-0.39, 0.29) is 0 Å². The van der Waals surface area contributed by atoms with Crippen molar-refractivity contribution >= 4 is 11.4 Å². The monoisotopic (exact) mass is 246 g/mol. The van der Waals surface area contributed by atoms with Crippen LogP contribution in [0.1, 0.15) is 25.7 Å². The van der Waals surface area contributed by atoms with Gasteiger partial charge in [0.25, 0.3) is 0 Å². The van der Waals surface area contributed by atoms with Crippen molar-refractivity contribution in [1.29, 1.82) is 0 Å². The Morgan fingerprint density at radius 2 is 2.11 bits per heavy atom. The molecule has 2 aliphatic rings. The fourth-order valence-corrected chi connectivity index (χ4v) is 2.82. The summed E-state index contributed by atoms with van der Waals surface area (Å²) in [5.41, 5.74) is 2.57. The van der Waals surface area contributed by atoms with E-state index >= 15 is 0 Å². The number of nitrogens with one attached hydrogen (secondary N) is 1. The van der Waals surface area contributed by atoms with Gasteiger partial charge in [0.05, 0.1) is 6.10 Å². The summed E-state index contributed by atoms with van der Waals surface area (Å²) >= 11 is 0. The van der Waals surface area contributed by atoms with Gasteiger partial charge in [-0.25, -0.2) is 0 Å². The summed E-state index contributed by atoms with van der Waals surface area (Å²) in [7, 11) is 0. The number of hydrogen-bond acceptors (Lipinski definition) is 3. The maximum absolute atomic E-state index is 5.63. The first-order valence-corrected chi connectivity index (χ1v) is 7.12.